The Morgan fingerprint density at radius 2 is 1.85 bits per heavy atom. The first kappa shape index (κ1) is 28.6. The summed E-state index contributed by atoms with van der Waals surface area (Å²) < 4.78 is 34.7. The van der Waals surface area contributed by atoms with Gasteiger partial charge in [0.1, 0.15) is 5.75 Å². The van der Waals surface area contributed by atoms with Crippen molar-refractivity contribution in [2.75, 3.05) is 23.0 Å². The Morgan fingerprint density at radius 1 is 1.07 bits per heavy atom. The molecule has 1 aliphatic heterocycles. The second-order valence-electron chi connectivity index (χ2n) is 10.4. The molecule has 10 heteroatoms. The Labute approximate surface area is 247 Å². The van der Waals surface area contributed by atoms with Gasteiger partial charge in [0.15, 0.2) is 5.11 Å². The van der Waals surface area contributed by atoms with E-state index in [1.807, 2.05) is 29.2 Å². The van der Waals surface area contributed by atoms with Crippen LogP contribution < -0.4 is 19.7 Å². The average molecular weight is 590 g/mol. The number of thiocarbonyl (C=S) groups is 1. The molecular formula is C31H35N5O3S2. The molecular weight excluding hydrogens is 555 g/mol. The number of anilines is 2. The topological polar surface area (TPSA) is 88.5 Å². The third-order valence-corrected chi connectivity index (χ3v) is 8.47. The van der Waals surface area contributed by atoms with Gasteiger partial charge in [0.2, 0.25) is 10.0 Å². The summed E-state index contributed by atoms with van der Waals surface area (Å²) in [7, 11) is -2.03. The van der Waals surface area contributed by atoms with Crippen LogP contribution in [-0.2, 0) is 16.4 Å². The molecule has 0 aliphatic carbocycles. The minimum Gasteiger partial charge on any atom is -0.495 e. The van der Waals surface area contributed by atoms with E-state index < -0.39 is 10.0 Å². The maximum absolute atomic E-state index is 12.2. The monoisotopic (exact) mass is 589 g/mol. The maximum atomic E-state index is 12.2. The highest BCUT2D eigenvalue weighted by Crippen LogP contribution is 2.45. The van der Waals surface area contributed by atoms with Gasteiger partial charge in [-0.2, -0.15) is 0 Å². The molecule has 8 nitrogen and oxygen atoms in total. The quantitative estimate of drug-likeness (QED) is 0.247. The van der Waals surface area contributed by atoms with Crippen molar-refractivity contribution in [1.29, 1.82) is 0 Å². The van der Waals surface area contributed by atoms with Crippen LogP contribution in [0.4, 0.5) is 11.4 Å². The Hall–Kier alpha value is -3.89. The molecule has 2 N–H and O–H groups in total. The van der Waals surface area contributed by atoms with Crippen molar-refractivity contribution in [2.45, 2.75) is 46.2 Å². The number of ether oxygens (including phenoxy) is 1. The fraction of sp³-hybridized carbons (Fsp3) is 0.290. The van der Waals surface area contributed by atoms with Crippen molar-refractivity contribution in [3.8, 4) is 11.4 Å². The lowest BCUT2D eigenvalue weighted by Gasteiger charge is -2.29. The average Bonchev–Trinajstić information content (AvgIpc) is 3.43. The first-order valence-electron chi connectivity index (χ1n) is 13.5. The Morgan fingerprint density at radius 3 is 2.51 bits per heavy atom. The molecule has 1 saturated heterocycles. The van der Waals surface area contributed by atoms with E-state index in [0.29, 0.717) is 16.5 Å². The summed E-state index contributed by atoms with van der Waals surface area (Å²) in [6, 6.07) is 19.4. The van der Waals surface area contributed by atoms with Crippen LogP contribution in [0.3, 0.4) is 0 Å². The van der Waals surface area contributed by atoms with Crippen LogP contribution in [0.25, 0.3) is 5.69 Å². The number of pyridine rings is 1. The Kier molecular flexibility index (Phi) is 7.80. The molecule has 1 fully saturated rings. The van der Waals surface area contributed by atoms with Crippen molar-refractivity contribution in [2.24, 2.45) is 0 Å². The predicted molar refractivity (Wildman–Crippen MR) is 169 cm³/mol. The van der Waals surface area contributed by atoms with Crippen molar-refractivity contribution < 1.29 is 13.2 Å². The second kappa shape index (κ2) is 11.2. The first-order valence-corrected chi connectivity index (χ1v) is 15.8. The molecule has 2 aromatic carbocycles. The van der Waals surface area contributed by atoms with Gasteiger partial charge in [-0.05, 0) is 92.5 Å². The summed E-state index contributed by atoms with van der Waals surface area (Å²) in [6.45, 7) is 8.60. The summed E-state index contributed by atoms with van der Waals surface area (Å²) in [4.78, 5) is 6.73. The molecule has 0 saturated carbocycles. The Bertz CT molecular complexity index is 1720. The molecule has 5 rings (SSSR count). The van der Waals surface area contributed by atoms with Gasteiger partial charge in [-0.25, -0.2) is 8.42 Å². The van der Waals surface area contributed by atoms with Gasteiger partial charge >= 0.3 is 0 Å². The molecule has 4 aromatic rings. The molecule has 0 unspecified atom stereocenters. The standard InChI is InChI=1S/C31H35N5O3S2/c1-7-22-12-10-11-19(2)29(22)35-20(3)17-24(21(35)4)30-28(25-13-8-9-16-32-25)33-31(40)36(30)23-14-15-27(39-5)26(18-23)34-41(6,37)38/h8-18,28,30,34H,7H2,1-6H3,(H,33,40)/t28-,30-/m0/s1. The largest absolute Gasteiger partial charge is 0.495 e. The number of sulfonamides is 1. The molecule has 0 bridgehead atoms. The number of aryl methyl sites for hydroxylation is 3. The van der Waals surface area contributed by atoms with Gasteiger partial charge in [0.05, 0.1) is 42.5 Å². The smallest absolute Gasteiger partial charge is 0.229 e. The maximum Gasteiger partial charge on any atom is 0.229 e. The van der Waals surface area contributed by atoms with E-state index in [4.69, 9.17) is 17.0 Å². The summed E-state index contributed by atoms with van der Waals surface area (Å²) in [5.41, 5.74) is 8.95. The van der Waals surface area contributed by atoms with Crippen LogP contribution in [0.5, 0.6) is 5.75 Å². The Balaban J connectivity index is 1.71. The zero-order valence-electron chi connectivity index (χ0n) is 24.1. The van der Waals surface area contributed by atoms with Crippen molar-refractivity contribution in [3.63, 3.8) is 0 Å². The first-order chi connectivity index (χ1) is 19.5. The van der Waals surface area contributed by atoms with E-state index in [9.17, 15) is 8.42 Å². The van der Waals surface area contributed by atoms with Gasteiger partial charge in [-0.1, -0.05) is 31.2 Å². The minimum absolute atomic E-state index is 0.242. The lowest BCUT2D eigenvalue weighted by Crippen LogP contribution is -2.29. The van der Waals surface area contributed by atoms with E-state index >= 15 is 0 Å². The highest BCUT2D eigenvalue weighted by Gasteiger charge is 2.42. The number of para-hydroxylation sites is 1. The molecule has 0 radical (unpaired) electrons. The highest BCUT2D eigenvalue weighted by molar-refractivity contribution is 7.92. The van der Waals surface area contributed by atoms with Crippen molar-refractivity contribution in [3.05, 3.63) is 101 Å². The number of benzene rings is 2. The lowest BCUT2D eigenvalue weighted by atomic mass is 9.96. The number of hydrogen-bond acceptors (Lipinski definition) is 5. The van der Waals surface area contributed by atoms with Crippen LogP contribution in [0.2, 0.25) is 0 Å². The van der Waals surface area contributed by atoms with Crippen LogP contribution in [0.1, 0.15) is 52.8 Å². The van der Waals surface area contributed by atoms with Crippen LogP contribution in [0.15, 0.2) is 66.9 Å². The second-order valence-corrected chi connectivity index (χ2v) is 12.5. The number of nitrogens with zero attached hydrogens (tertiary/aromatic N) is 3. The molecule has 41 heavy (non-hydrogen) atoms. The molecule has 2 atom stereocenters. The summed E-state index contributed by atoms with van der Waals surface area (Å²) >= 11 is 5.94. The van der Waals surface area contributed by atoms with Gasteiger partial charge in [-0.3, -0.25) is 9.71 Å². The van der Waals surface area contributed by atoms with Gasteiger partial charge < -0.3 is 19.5 Å². The highest BCUT2D eigenvalue weighted by atomic mass is 32.2. The molecule has 214 valence electrons. The van der Waals surface area contributed by atoms with E-state index in [2.05, 4.69) is 71.6 Å². The molecule has 0 spiro atoms. The SMILES string of the molecule is CCc1cccc(C)c1-n1c(C)cc([C@H]2[C@H](c3ccccn3)NC(=S)N2c2ccc(OC)c(NS(C)(=O)=O)c2)c1C. The molecule has 3 heterocycles. The van der Waals surface area contributed by atoms with Gasteiger partial charge in [-0.15, -0.1) is 0 Å². The van der Waals surface area contributed by atoms with E-state index in [0.717, 1.165) is 41.0 Å². The normalized spacial score (nSPS) is 17.0. The van der Waals surface area contributed by atoms with Crippen molar-refractivity contribution >= 4 is 38.7 Å². The molecule has 0 amide bonds. The molecule has 2 aromatic heterocycles. The number of nitrogens with one attached hydrogen (secondary N) is 2. The number of hydrogen-bond donors (Lipinski definition) is 2. The lowest BCUT2D eigenvalue weighted by molar-refractivity contribution is 0.417. The van der Waals surface area contributed by atoms with Gasteiger partial charge in [0.25, 0.3) is 0 Å². The minimum atomic E-state index is -3.54. The number of aromatic nitrogens is 2. The third kappa shape index (κ3) is 5.41. The van der Waals surface area contributed by atoms with Crippen LogP contribution in [-0.4, -0.2) is 36.4 Å². The number of rotatable bonds is 8. The number of methoxy groups -OCH3 is 1. The van der Waals surface area contributed by atoms with Crippen LogP contribution >= 0.6 is 12.2 Å². The fourth-order valence-electron chi connectivity index (χ4n) is 5.83. The summed E-state index contributed by atoms with van der Waals surface area (Å²) in [6.07, 6.45) is 3.82. The fourth-order valence-corrected chi connectivity index (χ4v) is 6.74. The third-order valence-electron chi connectivity index (χ3n) is 7.57. The van der Waals surface area contributed by atoms with E-state index in [-0.39, 0.29) is 12.1 Å². The van der Waals surface area contributed by atoms with E-state index in [1.165, 1.54) is 23.9 Å². The van der Waals surface area contributed by atoms with Crippen molar-refractivity contribution in [1.82, 2.24) is 14.9 Å². The van der Waals surface area contributed by atoms with Gasteiger partial charge in [0, 0.05) is 23.3 Å². The summed E-state index contributed by atoms with van der Waals surface area (Å²) in [5.74, 6) is 0.417. The van der Waals surface area contributed by atoms with E-state index in [1.54, 1.807) is 18.3 Å². The zero-order valence-corrected chi connectivity index (χ0v) is 25.7. The molecule has 1 aliphatic rings. The van der Waals surface area contributed by atoms with Crippen LogP contribution in [0, 0.1) is 20.8 Å². The predicted octanol–water partition coefficient (Wildman–Crippen LogP) is 5.92. The summed E-state index contributed by atoms with van der Waals surface area (Å²) in [5, 5.41) is 4.03. The zero-order chi connectivity index (χ0) is 29.5.